The molecule has 0 radical (unpaired) electrons. The number of hydrogen-bond donors (Lipinski definition) is 2. The number of Topliss-reactive ketones (excluding diaryl/α,β-unsaturated/α-hetero) is 2. The van der Waals surface area contributed by atoms with Gasteiger partial charge >= 0.3 is 5.97 Å². The van der Waals surface area contributed by atoms with Crippen LogP contribution in [0.25, 0.3) is 6.08 Å². The van der Waals surface area contributed by atoms with Crippen LogP contribution in [0.15, 0.2) is 52.7 Å². The van der Waals surface area contributed by atoms with E-state index in [0.29, 0.717) is 41.7 Å². The quantitative estimate of drug-likeness (QED) is 0.228. The van der Waals surface area contributed by atoms with Gasteiger partial charge in [0.1, 0.15) is 28.4 Å². The normalized spacial score (nSPS) is 31.2. The highest BCUT2D eigenvalue weighted by atomic mass is 16.6. The number of carbonyl (C=O) groups excluding carboxylic acids is 2. The summed E-state index contributed by atoms with van der Waals surface area (Å²) in [5.41, 5.74) is -0.952. The van der Waals surface area contributed by atoms with E-state index in [2.05, 4.69) is 19.9 Å². The number of carboxylic acid groups (broad SMARTS) is 1. The van der Waals surface area contributed by atoms with Crippen molar-refractivity contribution in [3.63, 3.8) is 0 Å². The maximum Gasteiger partial charge on any atom is 0.330 e. The first-order chi connectivity index (χ1) is 21.5. The van der Waals surface area contributed by atoms with Crippen molar-refractivity contribution in [1.82, 2.24) is 0 Å². The van der Waals surface area contributed by atoms with Crippen LogP contribution in [0.2, 0.25) is 0 Å². The van der Waals surface area contributed by atoms with Crippen molar-refractivity contribution in [1.29, 1.82) is 0 Å². The van der Waals surface area contributed by atoms with Gasteiger partial charge in [0.25, 0.3) is 0 Å². The molecule has 1 spiro atoms. The lowest BCUT2D eigenvalue weighted by Gasteiger charge is -2.56. The fourth-order valence-corrected chi connectivity index (χ4v) is 8.17. The zero-order valence-corrected chi connectivity index (χ0v) is 28.0. The Morgan fingerprint density at radius 3 is 2.35 bits per heavy atom. The Morgan fingerprint density at radius 1 is 1.00 bits per heavy atom. The molecule has 1 aromatic rings. The molecule has 2 fully saturated rings. The van der Waals surface area contributed by atoms with Gasteiger partial charge < -0.3 is 24.4 Å². The molecule has 46 heavy (non-hydrogen) atoms. The van der Waals surface area contributed by atoms with Gasteiger partial charge in [-0.05, 0) is 93.2 Å². The van der Waals surface area contributed by atoms with Gasteiger partial charge in [-0.15, -0.1) is 0 Å². The van der Waals surface area contributed by atoms with E-state index in [1.54, 1.807) is 6.08 Å². The van der Waals surface area contributed by atoms with E-state index in [0.717, 1.165) is 12.0 Å². The second-order valence-electron chi connectivity index (χ2n) is 14.8. The minimum absolute atomic E-state index is 0.0544. The molecule has 5 unspecified atom stereocenters. The van der Waals surface area contributed by atoms with Crippen molar-refractivity contribution in [3.8, 4) is 17.2 Å². The maximum absolute atomic E-state index is 14.7. The predicted molar refractivity (Wildman–Crippen MR) is 174 cm³/mol. The summed E-state index contributed by atoms with van der Waals surface area (Å²) in [7, 11) is 0. The van der Waals surface area contributed by atoms with Gasteiger partial charge in [0, 0.05) is 35.0 Å². The van der Waals surface area contributed by atoms with Crippen molar-refractivity contribution in [2.75, 3.05) is 0 Å². The topological polar surface area (TPSA) is 119 Å². The summed E-state index contributed by atoms with van der Waals surface area (Å²) in [6.45, 7) is 15.4. The van der Waals surface area contributed by atoms with Crippen molar-refractivity contribution in [2.45, 2.75) is 110 Å². The third-order valence-corrected chi connectivity index (χ3v) is 10.5. The average molecular weight is 629 g/mol. The van der Waals surface area contributed by atoms with Crippen LogP contribution in [-0.4, -0.2) is 50.2 Å². The molecule has 0 aromatic heterocycles. The molecule has 3 heterocycles. The number of ether oxygens (including phenoxy) is 3. The molecule has 7 rings (SSSR count). The number of rotatable bonds is 8. The highest BCUT2D eigenvalue weighted by Crippen LogP contribution is 2.68. The Morgan fingerprint density at radius 2 is 1.70 bits per heavy atom. The lowest BCUT2D eigenvalue weighted by molar-refractivity contribution is -0.171. The SMILES string of the molecule is CC(C)=CCCC1(C)C=Cc2c(O)c3c(c(CC=C(C)C)c2O1)OC12C(=CC4CC1C(C)(C)OC2(C/C=C(\C)C(=O)O)C4=O)C3=O. The highest BCUT2D eigenvalue weighted by molar-refractivity contribution is 6.19. The summed E-state index contributed by atoms with van der Waals surface area (Å²) in [4.78, 5) is 40.8. The van der Waals surface area contributed by atoms with E-state index >= 15 is 0 Å². The van der Waals surface area contributed by atoms with Crippen molar-refractivity contribution < 1.29 is 38.8 Å². The molecule has 244 valence electrons. The lowest BCUT2D eigenvalue weighted by Crippen LogP contribution is -2.72. The molecule has 0 amide bonds. The van der Waals surface area contributed by atoms with E-state index in [1.807, 2.05) is 52.8 Å². The van der Waals surface area contributed by atoms with Gasteiger partial charge in [-0.1, -0.05) is 35.5 Å². The fourth-order valence-electron chi connectivity index (χ4n) is 8.17. The van der Waals surface area contributed by atoms with Crippen LogP contribution in [0.1, 0.15) is 103 Å². The number of phenols is 1. The standard InChI is InChI=1S/C38H44O8/c1-20(2)10-9-15-36(8)16-14-24-29(39)28-30(40)26-18-23-19-27-35(6,7)46-37(33(23)41,17-13-22(5)34(42)43)38(26,27)45-32(28)25(31(24)44-36)12-11-21(3)4/h10-11,13-14,16,18,23,27,39H,9,12,15,17,19H2,1-8H3,(H,42,43)/b22-13+. The van der Waals surface area contributed by atoms with Crippen LogP contribution in [0.3, 0.4) is 0 Å². The van der Waals surface area contributed by atoms with Crippen LogP contribution in [0.4, 0.5) is 0 Å². The summed E-state index contributed by atoms with van der Waals surface area (Å²) in [5.74, 6) is -2.28. The monoisotopic (exact) mass is 628 g/mol. The maximum atomic E-state index is 14.7. The van der Waals surface area contributed by atoms with Crippen LogP contribution in [-0.2, 0) is 20.7 Å². The minimum atomic E-state index is -1.63. The zero-order chi connectivity index (χ0) is 33.6. The molecule has 8 nitrogen and oxygen atoms in total. The summed E-state index contributed by atoms with van der Waals surface area (Å²) in [6, 6.07) is 0. The number of fused-ring (bicyclic) bond motifs is 2. The number of carbonyl (C=O) groups is 3. The smallest absolute Gasteiger partial charge is 0.330 e. The molecule has 3 aliphatic carbocycles. The number of aromatic hydroxyl groups is 1. The Kier molecular flexibility index (Phi) is 7.36. The lowest BCUT2D eigenvalue weighted by atomic mass is 9.51. The second-order valence-corrected chi connectivity index (χ2v) is 14.8. The van der Waals surface area contributed by atoms with Crippen LogP contribution in [0, 0.1) is 11.8 Å². The highest BCUT2D eigenvalue weighted by Gasteiger charge is 2.81. The van der Waals surface area contributed by atoms with E-state index in [-0.39, 0.29) is 40.8 Å². The molecule has 1 saturated carbocycles. The molecule has 8 heteroatoms. The van der Waals surface area contributed by atoms with Gasteiger partial charge in [0.05, 0.1) is 11.2 Å². The number of carboxylic acids is 1. The van der Waals surface area contributed by atoms with Crippen molar-refractivity contribution >= 4 is 23.6 Å². The predicted octanol–water partition coefficient (Wildman–Crippen LogP) is 7.24. The third-order valence-electron chi connectivity index (χ3n) is 10.5. The van der Waals surface area contributed by atoms with Crippen LogP contribution in [0.5, 0.6) is 17.2 Å². The molecular formula is C38H44O8. The van der Waals surface area contributed by atoms with E-state index in [4.69, 9.17) is 14.2 Å². The van der Waals surface area contributed by atoms with Gasteiger partial charge in [-0.2, -0.15) is 0 Å². The largest absolute Gasteiger partial charge is 0.506 e. The molecule has 3 aliphatic heterocycles. The Balaban J connectivity index is 1.59. The number of phenolic OH excluding ortho intramolecular Hbond substituents is 1. The first-order valence-corrected chi connectivity index (χ1v) is 16.2. The fraction of sp³-hybridized carbons (Fsp3) is 0.500. The summed E-state index contributed by atoms with van der Waals surface area (Å²) < 4.78 is 20.6. The third kappa shape index (κ3) is 4.47. The number of ketones is 2. The number of hydrogen-bond acceptors (Lipinski definition) is 7. The van der Waals surface area contributed by atoms with Crippen molar-refractivity contribution in [2.24, 2.45) is 11.8 Å². The van der Waals surface area contributed by atoms with Crippen molar-refractivity contribution in [3.05, 3.63) is 69.4 Å². The summed E-state index contributed by atoms with van der Waals surface area (Å²) >= 11 is 0. The van der Waals surface area contributed by atoms with Gasteiger partial charge in [-0.25, -0.2) is 4.79 Å². The Labute approximate surface area is 270 Å². The van der Waals surface area contributed by atoms with E-state index < -0.39 is 40.1 Å². The van der Waals surface area contributed by atoms with Crippen LogP contribution >= 0.6 is 0 Å². The minimum Gasteiger partial charge on any atom is -0.506 e. The number of aliphatic carboxylic acids is 1. The summed E-state index contributed by atoms with van der Waals surface area (Å²) in [6.07, 6.45) is 13.4. The van der Waals surface area contributed by atoms with Gasteiger partial charge in [0.15, 0.2) is 22.8 Å². The Hall–Kier alpha value is -3.91. The molecule has 4 bridgehead atoms. The molecule has 2 N–H and O–H groups in total. The molecule has 5 atom stereocenters. The van der Waals surface area contributed by atoms with Crippen LogP contribution < -0.4 is 9.47 Å². The van der Waals surface area contributed by atoms with Gasteiger partial charge in [0.2, 0.25) is 0 Å². The first kappa shape index (κ1) is 32.0. The number of allylic oxidation sites excluding steroid dienone is 5. The Bertz CT molecular complexity index is 1730. The van der Waals surface area contributed by atoms with E-state index in [1.165, 1.54) is 18.6 Å². The second kappa shape index (κ2) is 10.6. The van der Waals surface area contributed by atoms with E-state index in [9.17, 15) is 24.6 Å². The van der Waals surface area contributed by atoms with Gasteiger partial charge in [-0.3, -0.25) is 9.59 Å². The molecule has 1 saturated heterocycles. The zero-order valence-electron chi connectivity index (χ0n) is 28.0. The molecule has 6 aliphatic rings. The average Bonchev–Trinajstić information content (AvgIpc) is 3.12. The first-order valence-electron chi connectivity index (χ1n) is 16.2. The molecule has 1 aromatic carbocycles. The summed E-state index contributed by atoms with van der Waals surface area (Å²) in [5, 5.41) is 21.4. The molecular weight excluding hydrogens is 584 g/mol. The number of benzene rings is 1.